The van der Waals surface area contributed by atoms with E-state index in [1.54, 1.807) is 0 Å². The first kappa shape index (κ1) is 21.5. The zero-order valence-electron chi connectivity index (χ0n) is 18.7. The van der Waals surface area contributed by atoms with E-state index in [4.69, 9.17) is 0 Å². The molecular weight excluding hydrogens is 457 g/mol. The van der Waals surface area contributed by atoms with Crippen molar-refractivity contribution in [2.24, 2.45) is 0 Å². The van der Waals surface area contributed by atoms with Gasteiger partial charge < -0.3 is 0 Å². The number of hydrogen-bond acceptors (Lipinski definition) is 0. The number of hydrogen-bond donors (Lipinski definition) is 0. The summed E-state index contributed by atoms with van der Waals surface area (Å²) in [6.45, 7) is 0. The minimum absolute atomic E-state index is 0.327. The Kier molecular flexibility index (Phi) is 6.55. The predicted molar refractivity (Wildman–Crippen MR) is 144 cm³/mol. The molecule has 0 fully saturated rings. The average Bonchev–Trinajstić information content (AvgIpc) is 2.92. The van der Waals surface area contributed by atoms with Crippen LogP contribution < -0.4 is 13.2 Å². The first-order valence-corrected chi connectivity index (χ1v) is 16.3. The predicted octanol–water partition coefficient (Wildman–Crippen LogP) is 5.99. The van der Waals surface area contributed by atoms with Gasteiger partial charge in [-0.05, 0) is 0 Å². The zero-order valence-corrected chi connectivity index (χ0v) is 20.8. The fourth-order valence-corrected chi connectivity index (χ4v) is 15.8. The van der Waals surface area contributed by atoms with Gasteiger partial charge in [-0.3, -0.25) is 0 Å². The van der Waals surface area contributed by atoms with Crippen LogP contribution in [0, 0.1) is 0 Å². The first-order valence-electron chi connectivity index (χ1n) is 11.6. The molecule has 0 N–H and O–H groups in total. The Hall–Kier alpha value is -3.36. The van der Waals surface area contributed by atoms with Gasteiger partial charge in [0.25, 0.3) is 0 Å². The van der Waals surface area contributed by atoms with Crippen molar-refractivity contribution in [1.82, 2.24) is 0 Å². The van der Waals surface area contributed by atoms with Gasteiger partial charge in [0.15, 0.2) is 0 Å². The number of rotatable bonds is 7. The Balaban J connectivity index is 1.78. The van der Waals surface area contributed by atoms with Gasteiger partial charge in [-0.15, -0.1) is 0 Å². The molecule has 0 unspecified atom stereocenters. The Morgan fingerprint density at radius 1 is 0.364 bits per heavy atom. The maximum atomic E-state index is 2.37. The topological polar surface area (TPSA) is 0 Å². The van der Waals surface area contributed by atoms with Gasteiger partial charge in [0.05, 0.1) is 0 Å². The van der Waals surface area contributed by atoms with E-state index < -0.39 is 13.3 Å². The van der Waals surface area contributed by atoms with Gasteiger partial charge in [0.2, 0.25) is 0 Å². The van der Waals surface area contributed by atoms with Gasteiger partial charge in [-0.2, -0.15) is 0 Å². The summed E-state index contributed by atoms with van der Waals surface area (Å²) in [6.07, 6.45) is 0. The molecule has 0 nitrogen and oxygen atoms in total. The second-order valence-corrected chi connectivity index (χ2v) is 16.9. The van der Waals surface area contributed by atoms with Crippen molar-refractivity contribution in [2.75, 3.05) is 0 Å². The van der Waals surface area contributed by atoms with Crippen LogP contribution in [0.15, 0.2) is 152 Å². The molecule has 0 aliphatic rings. The maximum absolute atomic E-state index is 3.07. The Morgan fingerprint density at radius 2 is 0.636 bits per heavy atom. The molecule has 0 aromatic heterocycles. The van der Waals surface area contributed by atoms with E-state index >= 15 is 0 Å². The van der Waals surface area contributed by atoms with Crippen LogP contribution in [0.2, 0.25) is 5.25 Å². The third-order valence-electron chi connectivity index (χ3n) is 6.71. The van der Waals surface area contributed by atoms with Crippen molar-refractivity contribution in [3.8, 4) is 0 Å². The molecule has 5 rings (SSSR count). The third kappa shape index (κ3) is 4.44. The summed E-state index contributed by atoms with van der Waals surface area (Å²) in [4.78, 5) is 0. The van der Waals surface area contributed by atoms with E-state index in [-0.39, 0.29) is 0 Å². The van der Waals surface area contributed by atoms with Crippen LogP contribution in [0.25, 0.3) is 0 Å². The molecule has 160 valence electrons. The fourth-order valence-electron chi connectivity index (χ4n) is 5.13. The van der Waals surface area contributed by atoms with Gasteiger partial charge in [-0.25, -0.2) is 0 Å². The van der Waals surface area contributed by atoms with Crippen molar-refractivity contribution in [3.63, 3.8) is 0 Å². The van der Waals surface area contributed by atoms with Crippen LogP contribution in [0.4, 0.5) is 0 Å². The Morgan fingerprint density at radius 3 is 0.939 bits per heavy atom. The second kappa shape index (κ2) is 10.1. The normalized spacial score (nSPS) is 11.4. The van der Waals surface area contributed by atoms with Crippen LogP contribution in [0.3, 0.4) is 0 Å². The van der Waals surface area contributed by atoms with Crippen molar-refractivity contribution in [2.45, 2.75) is 11.2 Å². The van der Waals surface area contributed by atoms with Gasteiger partial charge >= 0.3 is 200 Å². The van der Waals surface area contributed by atoms with Gasteiger partial charge in [-0.1, -0.05) is 0 Å². The first-order chi connectivity index (χ1) is 16.4. The van der Waals surface area contributed by atoms with Crippen LogP contribution in [0.1, 0.15) is 17.0 Å². The summed E-state index contributed by atoms with van der Waals surface area (Å²) in [7, 11) is 0. The molecule has 0 atom stereocenters. The Labute approximate surface area is 199 Å². The van der Waals surface area contributed by atoms with E-state index in [2.05, 4.69) is 152 Å². The molecule has 5 aromatic carbocycles. The Bertz CT molecular complexity index is 1110. The van der Waals surface area contributed by atoms with Crippen LogP contribution >= 0.6 is 0 Å². The molecule has 0 saturated carbocycles. The molecule has 0 aliphatic carbocycles. The summed E-state index contributed by atoms with van der Waals surface area (Å²) >= 11 is -3.07. The molecule has 0 amide bonds. The van der Waals surface area contributed by atoms with E-state index in [0.29, 0.717) is 5.92 Å². The van der Waals surface area contributed by atoms with Crippen molar-refractivity contribution < 1.29 is 0 Å². The zero-order chi connectivity index (χ0) is 22.3. The molecule has 1 heteroatoms. The monoisotopic (exact) mass is 486 g/mol. The third-order valence-corrected chi connectivity index (χ3v) is 17.2. The van der Waals surface area contributed by atoms with Crippen LogP contribution in [0.5, 0.6) is 0 Å². The van der Waals surface area contributed by atoms with Gasteiger partial charge in [0, 0.05) is 0 Å². The summed E-state index contributed by atoms with van der Waals surface area (Å²) in [5, 5.41) is 1.12. The van der Waals surface area contributed by atoms with E-state index in [9.17, 15) is 0 Å². The molecule has 0 saturated heterocycles. The molecule has 5 aromatic rings. The van der Waals surface area contributed by atoms with E-state index in [1.807, 2.05) is 0 Å². The number of benzene rings is 5. The molecule has 0 aliphatic heterocycles. The second-order valence-electron chi connectivity index (χ2n) is 8.58. The van der Waals surface area contributed by atoms with E-state index in [1.165, 1.54) is 24.3 Å². The fraction of sp³-hybridized carbons (Fsp3) is 0.0625. The average molecular weight is 485 g/mol. The van der Waals surface area contributed by atoms with Crippen molar-refractivity contribution in [1.29, 1.82) is 0 Å². The van der Waals surface area contributed by atoms with E-state index in [0.717, 1.165) is 5.25 Å². The molecular formula is C32H28Ge. The summed E-state index contributed by atoms with van der Waals surface area (Å²) in [5.41, 5.74) is 2.78. The summed E-state index contributed by atoms with van der Waals surface area (Å²) < 4.78 is 4.52. The SMILES string of the molecule is c1ccc(C([CH2][Ge]([c]2ccccc2)([c]2ccccc2)[c]2ccccc2)c2ccccc2)cc1. The summed E-state index contributed by atoms with van der Waals surface area (Å²) in [6, 6.07) is 56.0. The van der Waals surface area contributed by atoms with Crippen molar-refractivity contribution >= 4 is 26.5 Å². The van der Waals surface area contributed by atoms with Crippen LogP contribution in [-0.4, -0.2) is 13.3 Å². The van der Waals surface area contributed by atoms with Gasteiger partial charge in [0.1, 0.15) is 0 Å². The minimum atomic E-state index is -3.07. The summed E-state index contributed by atoms with van der Waals surface area (Å²) in [5.74, 6) is 0.327. The standard InChI is InChI=1S/C32H28Ge/c1-6-16-27(17-7-1)32(28-18-8-2-9-19-28)26-33(29-20-10-3-11-21-29,30-22-12-4-13-23-30)31-24-14-5-15-25-31/h1-25,32H,26H2. The molecule has 33 heavy (non-hydrogen) atoms. The molecule has 0 heterocycles. The van der Waals surface area contributed by atoms with Crippen LogP contribution in [-0.2, 0) is 0 Å². The molecule has 0 bridgehead atoms. The molecule has 0 radical (unpaired) electrons. The quantitative estimate of drug-likeness (QED) is 0.249. The van der Waals surface area contributed by atoms with Crippen molar-refractivity contribution in [3.05, 3.63) is 163 Å². The molecule has 0 spiro atoms.